The second kappa shape index (κ2) is 4.97. The first kappa shape index (κ1) is 12.9. The van der Waals surface area contributed by atoms with Gasteiger partial charge in [-0.15, -0.1) is 0 Å². The van der Waals surface area contributed by atoms with Crippen LogP contribution in [0.4, 0.5) is 0 Å². The van der Waals surface area contributed by atoms with Gasteiger partial charge in [0.05, 0.1) is 0 Å². The Morgan fingerprint density at radius 2 is 2.06 bits per heavy atom. The molecular formula is C14H26N2O. The highest BCUT2D eigenvalue weighted by molar-refractivity contribution is 5.83. The molecule has 2 aliphatic rings. The first-order chi connectivity index (χ1) is 8.03. The average molecular weight is 238 g/mol. The minimum atomic E-state index is -0.0581. The molecule has 2 rings (SSSR count). The van der Waals surface area contributed by atoms with Crippen LogP contribution in [-0.2, 0) is 4.79 Å². The summed E-state index contributed by atoms with van der Waals surface area (Å²) in [5, 5.41) is 3.09. The molecule has 0 bridgehead atoms. The summed E-state index contributed by atoms with van der Waals surface area (Å²) in [6.45, 7) is 5.07. The third-order valence-electron chi connectivity index (χ3n) is 4.32. The van der Waals surface area contributed by atoms with Gasteiger partial charge in [-0.3, -0.25) is 4.79 Å². The summed E-state index contributed by atoms with van der Waals surface area (Å²) in [6.07, 6.45) is 6.85. The molecule has 0 saturated heterocycles. The number of nitrogens with one attached hydrogen (secondary N) is 1. The molecule has 0 spiro atoms. The second-order valence-electron chi connectivity index (χ2n) is 6.44. The van der Waals surface area contributed by atoms with E-state index in [1.165, 1.54) is 19.3 Å². The number of rotatable bonds is 6. The summed E-state index contributed by atoms with van der Waals surface area (Å²) in [4.78, 5) is 12.3. The van der Waals surface area contributed by atoms with Crippen molar-refractivity contribution >= 4 is 5.91 Å². The largest absolute Gasteiger partial charge is 0.354 e. The Labute approximate surface area is 105 Å². The lowest BCUT2D eigenvalue weighted by Gasteiger charge is -2.41. The van der Waals surface area contributed by atoms with E-state index >= 15 is 0 Å². The summed E-state index contributed by atoms with van der Waals surface area (Å²) in [5.74, 6) is 1.52. The highest BCUT2D eigenvalue weighted by Crippen LogP contribution is 2.46. The number of carbonyl (C=O) groups excluding carboxylic acids is 1. The normalized spacial score (nSPS) is 24.2. The van der Waals surface area contributed by atoms with Crippen LogP contribution in [0.1, 0.15) is 52.4 Å². The first-order valence-corrected chi connectivity index (χ1v) is 7.07. The van der Waals surface area contributed by atoms with Crippen LogP contribution >= 0.6 is 0 Å². The number of nitrogens with two attached hydrogens (primary N) is 1. The molecule has 2 fully saturated rings. The fourth-order valence-corrected chi connectivity index (χ4v) is 3.00. The molecule has 0 aromatic carbocycles. The van der Waals surface area contributed by atoms with E-state index in [1.807, 2.05) is 0 Å². The molecule has 3 heteroatoms. The fraction of sp³-hybridized carbons (Fsp3) is 0.929. The third kappa shape index (κ3) is 3.01. The smallest absolute Gasteiger partial charge is 0.226 e. The molecule has 98 valence electrons. The Morgan fingerprint density at radius 1 is 1.41 bits per heavy atom. The maximum Gasteiger partial charge on any atom is 0.226 e. The minimum absolute atomic E-state index is 0.0581. The van der Waals surface area contributed by atoms with Gasteiger partial charge in [0.2, 0.25) is 5.91 Å². The zero-order valence-corrected chi connectivity index (χ0v) is 11.2. The quantitative estimate of drug-likeness (QED) is 0.744. The van der Waals surface area contributed by atoms with Crippen molar-refractivity contribution in [2.75, 3.05) is 6.54 Å². The van der Waals surface area contributed by atoms with Crippen LogP contribution in [0.15, 0.2) is 0 Å². The van der Waals surface area contributed by atoms with E-state index in [2.05, 4.69) is 19.2 Å². The van der Waals surface area contributed by atoms with Crippen molar-refractivity contribution in [3.05, 3.63) is 0 Å². The highest BCUT2D eigenvalue weighted by Gasteiger charge is 2.44. The van der Waals surface area contributed by atoms with Gasteiger partial charge in [0.15, 0.2) is 0 Å². The topological polar surface area (TPSA) is 55.1 Å². The lowest BCUT2D eigenvalue weighted by atomic mass is 9.64. The third-order valence-corrected chi connectivity index (χ3v) is 4.32. The van der Waals surface area contributed by atoms with Crippen molar-refractivity contribution in [3.8, 4) is 0 Å². The molecule has 1 atom stereocenters. The predicted octanol–water partition coefficient (Wildman–Crippen LogP) is 2.06. The molecule has 0 aliphatic heterocycles. The van der Waals surface area contributed by atoms with Crippen molar-refractivity contribution in [1.29, 1.82) is 0 Å². The fourth-order valence-electron chi connectivity index (χ4n) is 3.00. The van der Waals surface area contributed by atoms with Gasteiger partial charge < -0.3 is 11.1 Å². The summed E-state index contributed by atoms with van der Waals surface area (Å²) in [6, 6.07) is 0.176. The molecule has 0 radical (unpaired) electrons. The van der Waals surface area contributed by atoms with Crippen molar-refractivity contribution in [3.63, 3.8) is 0 Å². The molecule has 1 amide bonds. The Bertz CT molecular complexity index is 280. The number of carbonyl (C=O) groups is 1. The first-order valence-electron chi connectivity index (χ1n) is 7.07. The highest BCUT2D eigenvalue weighted by atomic mass is 16.2. The van der Waals surface area contributed by atoms with Crippen LogP contribution in [0.3, 0.4) is 0 Å². The molecule has 2 aliphatic carbocycles. The van der Waals surface area contributed by atoms with E-state index in [9.17, 15) is 4.79 Å². The summed E-state index contributed by atoms with van der Waals surface area (Å²) < 4.78 is 0. The van der Waals surface area contributed by atoms with Crippen LogP contribution in [-0.4, -0.2) is 18.5 Å². The monoisotopic (exact) mass is 238 g/mol. The average Bonchev–Trinajstić information content (AvgIpc) is 3.02. The van der Waals surface area contributed by atoms with E-state index in [4.69, 9.17) is 5.73 Å². The van der Waals surface area contributed by atoms with Crippen molar-refractivity contribution in [2.24, 2.45) is 23.0 Å². The van der Waals surface area contributed by atoms with Gasteiger partial charge in [0, 0.05) is 18.0 Å². The number of amides is 1. The van der Waals surface area contributed by atoms with Gasteiger partial charge in [-0.25, -0.2) is 0 Å². The molecule has 2 saturated carbocycles. The van der Waals surface area contributed by atoms with Gasteiger partial charge in [0.1, 0.15) is 0 Å². The molecule has 0 aromatic rings. The van der Waals surface area contributed by atoms with Crippen LogP contribution in [0.5, 0.6) is 0 Å². The zero-order valence-electron chi connectivity index (χ0n) is 11.2. The van der Waals surface area contributed by atoms with E-state index in [1.54, 1.807) is 0 Å². The molecule has 0 aromatic heterocycles. The maximum absolute atomic E-state index is 12.3. The van der Waals surface area contributed by atoms with E-state index < -0.39 is 0 Å². The molecule has 17 heavy (non-hydrogen) atoms. The van der Waals surface area contributed by atoms with E-state index in [0.717, 1.165) is 19.3 Å². The van der Waals surface area contributed by atoms with Crippen molar-refractivity contribution in [2.45, 2.75) is 58.4 Å². The number of hydrogen-bond acceptors (Lipinski definition) is 2. The van der Waals surface area contributed by atoms with Gasteiger partial charge in [-0.1, -0.05) is 20.3 Å². The second-order valence-corrected chi connectivity index (χ2v) is 6.44. The van der Waals surface area contributed by atoms with Crippen LogP contribution in [0, 0.1) is 17.3 Å². The van der Waals surface area contributed by atoms with E-state index in [0.29, 0.717) is 18.4 Å². The number of hydrogen-bond donors (Lipinski definition) is 2. The van der Waals surface area contributed by atoms with Crippen LogP contribution in [0.2, 0.25) is 0 Å². The molecular weight excluding hydrogens is 212 g/mol. The Morgan fingerprint density at radius 3 is 2.47 bits per heavy atom. The summed E-state index contributed by atoms with van der Waals surface area (Å²) >= 11 is 0. The zero-order chi connectivity index (χ0) is 12.5. The Balaban J connectivity index is 1.80. The SMILES string of the molecule is CC(C)CC1(C(=O)NCC(N)C2CC2)CCC1. The van der Waals surface area contributed by atoms with Gasteiger partial charge >= 0.3 is 0 Å². The van der Waals surface area contributed by atoms with Gasteiger partial charge in [-0.2, -0.15) is 0 Å². The maximum atomic E-state index is 12.3. The predicted molar refractivity (Wildman–Crippen MR) is 69.4 cm³/mol. The van der Waals surface area contributed by atoms with Crippen LogP contribution in [0.25, 0.3) is 0 Å². The van der Waals surface area contributed by atoms with Crippen molar-refractivity contribution in [1.82, 2.24) is 5.32 Å². The Hall–Kier alpha value is -0.570. The van der Waals surface area contributed by atoms with Crippen molar-refractivity contribution < 1.29 is 4.79 Å². The summed E-state index contributed by atoms with van der Waals surface area (Å²) in [5.41, 5.74) is 5.96. The van der Waals surface area contributed by atoms with E-state index in [-0.39, 0.29) is 17.4 Å². The lowest BCUT2D eigenvalue weighted by molar-refractivity contribution is -0.137. The molecule has 3 nitrogen and oxygen atoms in total. The molecule has 1 unspecified atom stereocenters. The minimum Gasteiger partial charge on any atom is -0.354 e. The lowest BCUT2D eigenvalue weighted by Crippen LogP contribution is -2.49. The molecule has 0 heterocycles. The Kier molecular flexibility index (Phi) is 3.76. The summed E-state index contributed by atoms with van der Waals surface area (Å²) in [7, 11) is 0. The molecule has 3 N–H and O–H groups in total. The van der Waals surface area contributed by atoms with Gasteiger partial charge in [-0.05, 0) is 43.9 Å². The van der Waals surface area contributed by atoms with Crippen LogP contribution < -0.4 is 11.1 Å². The standard InChI is InChI=1S/C14H26N2O/c1-10(2)8-14(6-3-7-14)13(17)16-9-12(15)11-4-5-11/h10-12H,3-9,15H2,1-2H3,(H,16,17). The van der Waals surface area contributed by atoms with Gasteiger partial charge in [0.25, 0.3) is 0 Å².